The van der Waals surface area contributed by atoms with E-state index in [9.17, 15) is 4.79 Å². The van der Waals surface area contributed by atoms with Crippen LogP contribution in [0.5, 0.6) is 0 Å². The lowest BCUT2D eigenvalue weighted by atomic mass is 9.79. The van der Waals surface area contributed by atoms with Crippen molar-refractivity contribution >= 4 is 5.91 Å². The first-order valence-corrected chi connectivity index (χ1v) is 10.9. The van der Waals surface area contributed by atoms with Crippen molar-refractivity contribution in [2.24, 2.45) is 0 Å². The molecule has 0 radical (unpaired) electrons. The van der Waals surface area contributed by atoms with Crippen molar-refractivity contribution in [2.75, 3.05) is 13.7 Å². The van der Waals surface area contributed by atoms with E-state index in [4.69, 9.17) is 15.0 Å². The minimum Gasteiger partial charge on any atom is -0.384 e. The molecule has 33 heavy (non-hydrogen) atoms. The van der Waals surface area contributed by atoms with E-state index in [1.807, 2.05) is 29.1 Å². The van der Waals surface area contributed by atoms with E-state index >= 15 is 0 Å². The van der Waals surface area contributed by atoms with Crippen molar-refractivity contribution in [1.82, 2.24) is 25.5 Å². The Morgan fingerprint density at radius 1 is 1.21 bits per heavy atom. The summed E-state index contributed by atoms with van der Waals surface area (Å²) in [7, 11) is 1.70. The van der Waals surface area contributed by atoms with Gasteiger partial charge in [-0.15, -0.1) is 0 Å². The minimum atomic E-state index is -0.534. The van der Waals surface area contributed by atoms with Crippen LogP contribution in [0.25, 0.3) is 11.3 Å². The number of methoxy groups -OCH3 is 1. The fourth-order valence-electron chi connectivity index (χ4n) is 4.62. The zero-order valence-corrected chi connectivity index (χ0v) is 18.3. The fourth-order valence-corrected chi connectivity index (χ4v) is 4.62. The summed E-state index contributed by atoms with van der Waals surface area (Å²) < 4.78 is 7.41. The number of H-pyrrole nitrogens is 1. The zero-order valence-electron chi connectivity index (χ0n) is 18.3. The van der Waals surface area contributed by atoms with Gasteiger partial charge in [0.15, 0.2) is 0 Å². The molecular formula is C25H25N5O3. The first-order valence-electron chi connectivity index (χ1n) is 10.9. The molecule has 1 amide bonds. The molecule has 8 nitrogen and oxygen atoms in total. The second-order valence-electron chi connectivity index (χ2n) is 8.18. The highest BCUT2D eigenvalue weighted by molar-refractivity contribution is 5.93. The summed E-state index contributed by atoms with van der Waals surface area (Å²) >= 11 is 0. The number of amides is 1. The summed E-state index contributed by atoms with van der Waals surface area (Å²) in [5.74, 6) is -0.362. The van der Waals surface area contributed by atoms with Crippen LogP contribution in [-0.2, 0) is 24.1 Å². The van der Waals surface area contributed by atoms with Gasteiger partial charge in [-0.25, -0.2) is 5.48 Å². The maximum Gasteiger partial charge on any atom is 0.274 e. The standard InChI is InChI=1S/C25H25N5O3/c1-33-12-11-21-23-19(17-5-3-2-4-6-17)13-22-20(14-26-27-22)24(23)30(28-21)15-16-7-9-18(10-8-16)25(31)29-32/h2-10,14,19,32H,11-13,15H2,1H3,(H,26,27)(H,29,31). The Kier molecular flexibility index (Phi) is 5.77. The topological polar surface area (TPSA) is 105 Å². The van der Waals surface area contributed by atoms with E-state index in [2.05, 4.69) is 34.5 Å². The molecule has 0 saturated heterocycles. The molecule has 0 bridgehead atoms. The number of nitrogens with one attached hydrogen (secondary N) is 2. The third kappa shape index (κ3) is 3.94. The molecule has 0 spiro atoms. The third-order valence-corrected chi connectivity index (χ3v) is 6.19. The van der Waals surface area contributed by atoms with E-state index in [1.54, 1.807) is 24.7 Å². The lowest BCUT2D eigenvalue weighted by Crippen LogP contribution is -2.18. The van der Waals surface area contributed by atoms with Crippen LogP contribution in [0.3, 0.4) is 0 Å². The Morgan fingerprint density at radius 3 is 2.73 bits per heavy atom. The normalized spacial score (nSPS) is 14.5. The monoisotopic (exact) mass is 443 g/mol. The Balaban J connectivity index is 1.60. The van der Waals surface area contributed by atoms with Crippen LogP contribution < -0.4 is 5.48 Å². The summed E-state index contributed by atoms with van der Waals surface area (Å²) in [6, 6.07) is 17.6. The van der Waals surface area contributed by atoms with Crippen LogP contribution >= 0.6 is 0 Å². The molecule has 1 aliphatic rings. The number of carbonyl (C=O) groups excluding carboxylic acids is 1. The van der Waals surface area contributed by atoms with Gasteiger partial charge < -0.3 is 4.74 Å². The predicted octanol–water partition coefficient (Wildman–Crippen LogP) is 3.32. The second-order valence-corrected chi connectivity index (χ2v) is 8.18. The third-order valence-electron chi connectivity index (χ3n) is 6.19. The number of rotatable bonds is 7. The molecule has 4 aromatic rings. The van der Waals surface area contributed by atoms with Gasteiger partial charge in [-0.2, -0.15) is 10.2 Å². The van der Waals surface area contributed by atoms with Crippen LogP contribution in [0.2, 0.25) is 0 Å². The van der Waals surface area contributed by atoms with Crippen molar-refractivity contribution in [3.8, 4) is 11.3 Å². The van der Waals surface area contributed by atoms with Crippen molar-refractivity contribution in [2.45, 2.75) is 25.3 Å². The van der Waals surface area contributed by atoms with Gasteiger partial charge in [0.25, 0.3) is 5.91 Å². The highest BCUT2D eigenvalue weighted by atomic mass is 16.5. The Hall–Kier alpha value is -3.75. The molecule has 8 heteroatoms. The number of ether oxygens (including phenoxy) is 1. The molecule has 168 valence electrons. The number of hydrogen-bond donors (Lipinski definition) is 3. The fraction of sp³-hybridized carbons (Fsp3) is 0.240. The van der Waals surface area contributed by atoms with Crippen molar-refractivity contribution in [3.63, 3.8) is 0 Å². The van der Waals surface area contributed by atoms with E-state index < -0.39 is 5.91 Å². The average Bonchev–Trinajstić information content (AvgIpc) is 3.47. The van der Waals surface area contributed by atoms with Gasteiger partial charge in [-0.3, -0.25) is 19.8 Å². The van der Waals surface area contributed by atoms with Crippen LogP contribution in [0, 0.1) is 0 Å². The minimum absolute atomic E-state index is 0.172. The maximum atomic E-state index is 11.7. The van der Waals surface area contributed by atoms with E-state index in [0.717, 1.165) is 41.1 Å². The number of hydrogen-bond acceptors (Lipinski definition) is 5. The second kappa shape index (κ2) is 9.01. The quantitative estimate of drug-likeness (QED) is 0.300. The van der Waals surface area contributed by atoms with Crippen LogP contribution in [0.4, 0.5) is 0 Å². The van der Waals surface area contributed by atoms with Gasteiger partial charge in [-0.1, -0.05) is 42.5 Å². The summed E-state index contributed by atoms with van der Waals surface area (Å²) in [6.07, 6.45) is 3.43. The predicted molar refractivity (Wildman–Crippen MR) is 122 cm³/mol. The maximum absolute atomic E-state index is 11.7. The Labute approximate surface area is 191 Å². The van der Waals surface area contributed by atoms with Crippen molar-refractivity contribution < 1.29 is 14.7 Å². The number of benzene rings is 2. The molecule has 2 heterocycles. The largest absolute Gasteiger partial charge is 0.384 e. The molecule has 1 unspecified atom stereocenters. The number of fused-ring (bicyclic) bond motifs is 3. The summed E-state index contributed by atoms with van der Waals surface area (Å²) in [4.78, 5) is 11.7. The van der Waals surface area contributed by atoms with Gasteiger partial charge in [0.05, 0.1) is 30.7 Å². The van der Waals surface area contributed by atoms with Gasteiger partial charge in [-0.05, 0) is 23.3 Å². The molecule has 0 saturated carbocycles. The van der Waals surface area contributed by atoms with Gasteiger partial charge in [0.1, 0.15) is 0 Å². The molecular weight excluding hydrogens is 418 g/mol. The molecule has 0 aliphatic heterocycles. The number of nitrogens with zero attached hydrogens (tertiary/aromatic N) is 3. The van der Waals surface area contributed by atoms with Crippen LogP contribution in [-0.4, -0.2) is 44.8 Å². The molecule has 1 aliphatic carbocycles. The lowest BCUT2D eigenvalue weighted by Gasteiger charge is -2.24. The van der Waals surface area contributed by atoms with Gasteiger partial charge >= 0.3 is 0 Å². The number of aromatic amines is 1. The van der Waals surface area contributed by atoms with Crippen LogP contribution in [0.1, 0.15) is 44.4 Å². The van der Waals surface area contributed by atoms with Crippen molar-refractivity contribution in [3.05, 3.63) is 94.4 Å². The summed E-state index contributed by atoms with van der Waals surface area (Å²) in [5.41, 5.74) is 9.81. The van der Waals surface area contributed by atoms with Gasteiger partial charge in [0.2, 0.25) is 0 Å². The van der Waals surface area contributed by atoms with Crippen molar-refractivity contribution in [1.29, 1.82) is 0 Å². The summed E-state index contributed by atoms with van der Waals surface area (Å²) in [5, 5.41) is 21.4. The molecule has 2 aromatic heterocycles. The highest BCUT2D eigenvalue weighted by Crippen LogP contribution is 2.44. The zero-order chi connectivity index (χ0) is 22.8. The molecule has 5 rings (SSSR count). The van der Waals surface area contributed by atoms with E-state index in [0.29, 0.717) is 18.7 Å². The Bertz CT molecular complexity index is 1260. The van der Waals surface area contributed by atoms with E-state index in [1.165, 1.54) is 11.1 Å². The smallest absolute Gasteiger partial charge is 0.274 e. The highest BCUT2D eigenvalue weighted by Gasteiger charge is 2.34. The summed E-state index contributed by atoms with van der Waals surface area (Å²) in [6.45, 7) is 1.14. The first kappa shape index (κ1) is 21.1. The van der Waals surface area contributed by atoms with E-state index in [-0.39, 0.29) is 5.92 Å². The number of hydroxylamine groups is 1. The Morgan fingerprint density at radius 2 is 2.00 bits per heavy atom. The molecule has 2 aromatic carbocycles. The molecule has 3 N–H and O–H groups in total. The SMILES string of the molecule is COCCc1nn(Cc2ccc(C(=O)NO)cc2)c2c1C(c1ccccc1)Cc1[nH]ncc1-2. The molecule has 0 fully saturated rings. The van der Waals surface area contributed by atoms with Gasteiger partial charge in [0, 0.05) is 48.3 Å². The number of aromatic nitrogens is 4. The number of carbonyl (C=O) groups is 1. The average molecular weight is 444 g/mol. The molecule has 1 atom stereocenters. The lowest BCUT2D eigenvalue weighted by molar-refractivity contribution is 0.0706. The first-order chi connectivity index (χ1) is 16.2. The van der Waals surface area contributed by atoms with Crippen LogP contribution in [0.15, 0.2) is 60.8 Å².